The first-order valence-electron chi connectivity index (χ1n) is 7.82. The molecule has 0 spiro atoms. The summed E-state index contributed by atoms with van der Waals surface area (Å²) in [5, 5.41) is 3.14. The molecule has 0 rings (SSSR count). The van der Waals surface area contributed by atoms with Gasteiger partial charge in [-0.25, -0.2) is 0 Å². The van der Waals surface area contributed by atoms with Crippen molar-refractivity contribution in [1.29, 1.82) is 0 Å². The Morgan fingerprint density at radius 3 is 2.00 bits per heavy atom. The van der Waals surface area contributed by atoms with Gasteiger partial charge in [0.05, 0.1) is 0 Å². The van der Waals surface area contributed by atoms with Crippen molar-refractivity contribution in [3.8, 4) is 0 Å². The molecule has 1 amide bonds. The minimum atomic E-state index is -0.182. The van der Waals surface area contributed by atoms with Crippen molar-refractivity contribution in [1.82, 2.24) is 10.2 Å². The van der Waals surface area contributed by atoms with Crippen molar-refractivity contribution >= 4 is 5.91 Å². The van der Waals surface area contributed by atoms with Crippen molar-refractivity contribution in [3.05, 3.63) is 0 Å². The van der Waals surface area contributed by atoms with Crippen LogP contribution in [0.1, 0.15) is 66.2 Å². The van der Waals surface area contributed by atoms with Gasteiger partial charge in [-0.1, -0.05) is 46.5 Å². The third-order valence-electron chi connectivity index (χ3n) is 4.15. The summed E-state index contributed by atoms with van der Waals surface area (Å²) in [6.07, 6.45) is 6.59. The first-order valence-corrected chi connectivity index (χ1v) is 7.82. The number of likely N-dealkylation sites (N-methyl/N-ethyl adjacent to an activating group) is 1. The summed E-state index contributed by atoms with van der Waals surface area (Å²) in [6.45, 7) is 9.38. The topological polar surface area (TPSA) is 32.3 Å². The largest absolute Gasteiger partial charge is 0.354 e. The number of nitrogens with zero attached hydrogens (tertiary/aromatic N) is 1. The Kier molecular flexibility index (Phi) is 9.07. The average molecular weight is 270 g/mol. The van der Waals surface area contributed by atoms with E-state index in [2.05, 4.69) is 37.9 Å². The van der Waals surface area contributed by atoms with E-state index in [1.165, 1.54) is 0 Å². The summed E-state index contributed by atoms with van der Waals surface area (Å²) in [4.78, 5) is 14.6. The van der Waals surface area contributed by atoms with E-state index in [-0.39, 0.29) is 11.3 Å². The second-order valence-electron chi connectivity index (χ2n) is 6.29. The maximum absolute atomic E-state index is 12.5. The highest BCUT2D eigenvalue weighted by atomic mass is 16.2. The SMILES string of the molecule is CCCCC(C)(CCCC)C(=O)NCC(C)N(C)C. The van der Waals surface area contributed by atoms with Gasteiger partial charge in [0.25, 0.3) is 0 Å². The summed E-state index contributed by atoms with van der Waals surface area (Å²) in [6, 6.07) is 0.380. The van der Waals surface area contributed by atoms with Gasteiger partial charge in [-0.2, -0.15) is 0 Å². The van der Waals surface area contributed by atoms with Gasteiger partial charge < -0.3 is 10.2 Å². The van der Waals surface area contributed by atoms with E-state index >= 15 is 0 Å². The number of hydrogen-bond acceptors (Lipinski definition) is 2. The van der Waals surface area contributed by atoms with Crippen LogP contribution in [0, 0.1) is 5.41 Å². The minimum absolute atomic E-state index is 0.182. The van der Waals surface area contributed by atoms with E-state index in [0.717, 1.165) is 45.1 Å². The molecule has 0 fully saturated rings. The fourth-order valence-corrected chi connectivity index (χ4v) is 2.12. The molecule has 3 heteroatoms. The highest BCUT2D eigenvalue weighted by Gasteiger charge is 2.31. The zero-order valence-corrected chi connectivity index (χ0v) is 13.9. The predicted octanol–water partition coefficient (Wildman–Crippen LogP) is 3.44. The lowest BCUT2D eigenvalue weighted by Crippen LogP contribution is -2.44. The number of unbranched alkanes of at least 4 members (excludes halogenated alkanes) is 2. The number of rotatable bonds is 10. The number of amides is 1. The molecule has 0 saturated carbocycles. The van der Waals surface area contributed by atoms with Crippen molar-refractivity contribution in [2.75, 3.05) is 20.6 Å². The lowest BCUT2D eigenvalue weighted by molar-refractivity contribution is -0.131. The van der Waals surface area contributed by atoms with Crippen LogP contribution in [0.15, 0.2) is 0 Å². The van der Waals surface area contributed by atoms with E-state index in [1.807, 2.05) is 14.1 Å². The predicted molar refractivity (Wildman–Crippen MR) is 83.3 cm³/mol. The quantitative estimate of drug-likeness (QED) is 0.659. The van der Waals surface area contributed by atoms with Gasteiger partial charge in [0.15, 0.2) is 0 Å². The van der Waals surface area contributed by atoms with E-state index in [4.69, 9.17) is 0 Å². The zero-order valence-electron chi connectivity index (χ0n) is 13.9. The van der Waals surface area contributed by atoms with Gasteiger partial charge in [-0.15, -0.1) is 0 Å². The Labute approximate surface area is 120 Å². The van der Waals surface area contributed by atoms with E-state index in [9.17, 15) is 4.79 Å². The Hall–Kier alpha value is -0.570. The summed E-state index contributed by atoms with van der Waals surface area (Å²) in [5.41, 5.74) is -0.182. The lowest BCUT2D eigenvalue weighted by atomic mass is 9.79. The molecule has 1 unspecified atom stereocenters. The fraction of sp³-hybridized carbons (Fsp3) is 0.938. The van der Waals surface area contributed by atoms with Gasteiger partial charge in [-0.05, 0) is 33.9 Å². The lowest BCUT2D eigenvalue weighted by Gasteiger charge is -2.30. The number of carbonyl (C=O) groups excluding carboxylic acids is 1. The second kappa shape index (κ2) is 9.35. The van der Waals surface area contributed by atoms with Crippen LogP contribution in [0.25, 0.3) is 0 Å². The molecule has 0 heterocycles. The highest BCUT2D eigenvalue weighted by Crippen LogP contribution is 2.30. The van der Waals surface area contributed by atoms with E-state index < -0.39 is 0 Å². The van der Waals surface area contributed by atoms with E-state index in [0.29, 0.717) is 6.04 Å². The fourth-order valence-electron chi connectivity index (χ4n) is 2.12. The third-order valence-corrected chi connectivity index (χ3v) is 4.15. The van der Waals surface area contributed by atoms with Crippen molar-refractivity contribution in [3.63, 3.8) is 0 Å². The number of carbonyl (C=O) groups is 1. The van der Waals surface area contributed by atoms with Crippen molar-refractivity contribution < 1.29 is 4.79 Å². The summed E-state index contributed by atoms with van der Waals surface area (Å²) in [5.74, 6) is 0.239. The molecule has 0 aliphatic heterocycles. The van der Waals surface area contributed by atoms with Crippen LogP contribution in [0.5, 0.6) is 0 Å². The monoisotopic (exact) mass is 270 g/mol. The Morgan fingerprint density at radius 2 is 1.63 bits per heavy atom. The Balaban J connectivity index is 4.44. The summed E-state index contributed by atoms with van der Waals surface area (Å²) < 4.78 is 0. The molecular weight excluding hydrogens is 236 g/mol. The molecule has 0 aromatic carbocycles. The number of hydrogen-bond donors (Lipinski definition) is 1. The van der Waals surface area contributed by atoms with Crippen LogP contribution in [0.4, 0.5) is 0 Å². The molecule has 114 valence electrons. The van der Waals surface area contributed by atoms with Crippen LogP contribution in [0.2, 0.25) is 0 Å². The molecule has 19 heavy (non-hydrogen) atoms. The molecule has 1 atom stereocenters. The highest BCUT2D eigenvalue weighted by molar-refractivity contribution is 5.82. The van der Waals surface area contributed by atoms with Gasteiger partial charge >= 0.3 is 0 Å². The average Bonchev–Trinajstić information content (AvgIpc) is 2.39. The van der Waals surface area contributed by atoms with E-state index in [1.54, 1.807) is 0 Å². The van der Waals surface area contributed by atoms with Gasteiger partial charge in [0.2, 0.25) is 5.91 Å². The van der Waals surface area contributed by atoms with Crippen molar-refractivity contribution in [2.24, 2.45) is 5.41 Å². The molecule has 0 aromatic heterocycles. The first-order chi connectivity index (χ1) is 8.87. The van der Waals surface area contributed by atoms with Crippen LogP contribution < -0.4 is 5.32 Å². The second-order valence-corrected chi connectivity index (χ2v) is 6.29. The first kappa shape index (κ1) is 18.4. The molecule has 3 nitrogen and oxygen atoms in total. The van der Waals surface area contributed by atoms with Crippen LogP contribution in [-0.2, 0) is 4.79 Å². The Morgan fingerprint density at radius 1 is 1.16 bits per heavy atom. The van der Waals surface area contributed by atoms with Crippen LogP contribution in [-0.4, -0.2) is 37.5 Å². The Bertz CT molecular complexity index is 243. The third kappa shape index (κ3) is 6.95. The molecule has 0 bridgehead atoms. The number of nitrogens with one attached hydrogen (secondary N) is 1. The normalized spacial score (nSPS) is 13.6. The smallest absolute Gasteiger partial charge is 0.225 e. The van der Waals surface area contributed by atoms with Gasteiger partial charge in [-0.3, -0.25) is 4.79 Å². The van der Waals surface area contributed by atoms with Crippen molar-refractivity contribution in [2.45, 2.75) is 72.3 Å². The van der Waals surface area contributed by atoms with Gasteiger partial charge in [0.1, 0.15) is 0 Å². The van der Waals surface area contributed by atoms with Gasteiger partial charge in [0, 0.05) is 18.0 Å². The maximum Gasteiger partial charge on any atom is 0.225 e. The summed E-state index contributed by atoms with van der Waals surface area (Å²) in [7, 11) is 4.09. The van der Waals surface area contributed by atoms with Crippen LogP contribution in [0.3, 0.4) is 0 Å². The maximum atomic E-state index is 12.5. The minimum Gasteiger partial charge on any atom is -0.354 e. The summed E-state index contributed by atoms with van der Waals surface area (Å²) >= 11 is 0. The van der Waals surface area contributed by atoms with Crippen LogP contribution >= 0.6 is 0 Å². The molecule has 0 aromatic rings. The molecule has 1 N–H and O–H groups in total. The zero-order chi connectivity index (χ0) is 14.9. The molecular formula is C16H34N2O. The standard InChI is InChI=1S/C16H34N2O/c1-7-9-11-16(4,12-10-8-2)15(19)17-13-14(3)18(5)6/h14H,7-13H2,1-6H3,(H,17,19). The molecule has 0 aliphatic carbocycles. The molecule has 0 aliphatic rings. The molecule has 0 radical (unpaired) electrons. The molecule has 0 saturated heterocycles.